The molecule has 0 heterocycles. The van der Waals surface area contributed by atoms with Gasteiger partial charge < -0.3 is 18.2 Å². The molecule has 1 aliphatic carbocycles. The summed E-state index contributed by atoms with van der Waals surface area (Å²) >= 11 is -9.19. The Morgan fingerprint density at radius 1 is 0.838 bits per heavy atom. The fourth-order valence-corrected chi connectivity index (χ4v) is 13.7. The van der Waals surface area contributed by atoms with Crippen LogP contribution in [0, 0.1) is 13.5 Å². The molecule has 230 valence electrons. The van der Waals surface area contributed by atoms with E-state index in [0.29, 0.717) is 18.2 Å². The van der Waals surface area contributed by atoms with E-state index in [1.807, 2.05) is 0 Å². The summed E-state index contributed by atoms with van der Waals surface area (Å²) in [6.45, 7) is 28.7. The summed E-state index contributed by atoms with van der Waals surface area (Å²) in [5, 5.41) is 1.19. The quantitative estimate of drug-likeness (QED) is 0.0882. The van der Waals surface area contributed by atoms with Crippen molar-refractivity contribution in [3.05, 3.63) is 31.7 Å². The van der Waals surface area contributed by atoms with Gasteiger partial charge in [-0.25, -0.2) is 0 Å². The van der Waals surface area contributed by atoms with Gasteiger partial charge in [-0.2, -0.15) is 6.42 Å². The van der Waals surface area contributed by atoms with E-state index < -0.39 is 20.3 Å². The Bertz CT molecular complexity index is 501. The van der Waals surface area contributed by atoms with Crippen LogP contribution in [0.3, 0.4) is 0 Å². The summed E-state index contributed by atoms with van der Waals surface area (Å²) in [6, 6.07) is 0. The van der Waals surface area contributed by atoms with E-state index in [4.69, 9.17) is 0 Å². The van der Waals surface area contributed by atoms with E-state index >= 15 is 0 Å². The molecule has 0 fully saturated rings. The van der Waals surface area contributed by atoms with Crippen molar-refractivity contribution in [2.75, 3.05) is 51.8 Å². The van der Waals surface area contributed by atoms with E-state index in [2.05, 4.69) is 106 Å². The van der Waals surface area contributed by atoms with Gasteiger partial charge in [-0.15, -0.1) is 7.92 Å². The van der Waals surface area contributed by atoms with Crippen molar-refractivity contribution >= 4 is 52.0 Å². The first-order chi connectivity index (χ1) is 14.9. The van der Waals surface area contributed by atoms with Crippen LogP contribution in [-0.4, -0.2) is 82.4 Å². The van der Waals surface area contributed by atoms with Gasteiger partial charge in [-0.05, 0) is 58.2 Å². The summed E-state index contributed by atoms with van der Waals surface area (Å²) in [6.07, 6.45) is 14.5. The number of hydrogen-bond acceptors (Lipinski definition) is 0. The van der Waals surface area contributed by atoms with Crippen LogP contribution in [0.1, 0.15) is 67.2 Å². The first-order valence-corrected chi connectivity index (χ1v) is 25.8. The minimum atomic E-state index is -9.19. The molecular formula is C25H56F6P4RhSb+2. The average molecular weight is 819 g/mol. The topological polar surface area (TPSA) is 0 Å². The van der Waals surface area contributed by atoms with Crippen LogP contribution >= 0.6 is 31.7 Å². The van der Waals surface area contributed by atoms with Gasteiger partial charge in [0.25, 0.3) is 0 Å². The van der Waals surface area contributed by atoms with E-state index in [-0.39, 0.29) is 55.4 Å². The average Bonchev–Trinajstić information content (AvgIpc) is 2.49. The molecule has 1 unspecified atom stereocenters. The van der Waals surface area contributed by atoms with Gasteiger partial charge in [0.2, 0.25) is 0 Å². The molecule has 12 heteroatoms. The summed E-state index contributed by atoms with van der Waals surface area (Å²) in [7, 11) is 0.562. The van der Waals surface area contributed by atoms with Crippen LogP contribution in [0.4, 0.5) is 14.1 Å². The van der Waals surface area contributed by atoms with Crippen LogP contribution in [0.5, 0.6) is 0 Å². The number of allylic oxidation sites excluding steroid dienone is 4. The van der Waals surface area contributed by atoms with Crippen molar-refractivity contribution in [1.29, 1.82) is 0 Å². The minimum Gasteiger partial charge on any atom is 3.00 e. The van der Waals surface area contributed by atoms with E-state index in [0.717, 1.165) is 6.42 Å². The summed E-state index contributed by atoms with van der Waals surface area (Å²) in [5.74, 6) is 3.03. The summed E-state index contributed by atoms with van der Waals surface area (Å²) in [4.78, 5) is 0. The molecule has 0 nitrogen and oxygen atoms in total. The molecule has 0 spiro atoms. The maximum atomic E-state index is 9.91. The second-order valence-electron chi connectivity index (χ2n) is 11.1. The molecular weight excluding hydrogens is 763 g/mol. The molecule has 0 saturated carbocycles. The fourth-order valence-electron chi connectivity index (χ4n) is 2.22. The van der Waals surface area contributed by atoms with Crippen molar-refractivity contribution in [2.24, 2.45) is 0 Å². The molecule has 2 atom stereocenters. The first-order valence-electron chi connectivity index (χ1n) is 11.7. The van der Waals surface area contributed by atoms with Gasteiger partial charge in [-0.1, -0.05) is 53.7 Å². The van der Waals surface area contributed by atoms with Crippen molar-refractivity contribution in [2.45, 2.75) is 77.5 Å². The SMILES string of the molecule is CP(C)C[P@](C)C(C)(C)C.C[PH+](C)C[PH+](C)C(C)(C)C.[C-]1=CCC/C=C\CC1.[CH3-].[F-].[F][Sb]([F])([F])([F])[F].[Rh+3]. The predicted octanol–water partition coefficient (Wildman–Crippen LogP) is 8.30. The molecule has 0 aliphatic heterocycles. The third kappa shape index (κ3) is 54.9. The van der Waals surface area contributed by atoms with Gasteiger partial charge >= 0.3 is 53.8 Å². The van der Waals surface area contributed by atoms with Crippen molar-refractivity contribution in [3.63, 3.8) is 0 Å². The Kier molecular flexibility index (Phi) is 34.8. The Morgan fingerprint density at radius 2 is 1.24 bits per heavy atom. The number of rotatable bonds is 4. The largest absolute Gasteiger partial charge is 3.00 e. The standard InChI is InChI=1S/2C8H20P2.C8H11.CH3.6FH.Rh.Sb/c2*1-8(2,3)10(6)7-9(4)5;1-2-4-6-8-7-5-3-1;;;;;;;;;/h2*7H2,1-6H3;1-2,7H,3-6H2;1H3;6*1H;;/q;;2*-1;;;;;;;+3;+5/p-4/b;;2-1-;;;;;;;;;/t10-;;;;;;;;;;;/m0.........../s1. The van der Waals surface area contributed by atoms with E-state index in [1.165, 1.54) is 25.2 Å². The Hall–Kier alpha value is 2.22. The zero-order chi connectivity index (χ0) is 27.8. The van der Waals surface area contributed by atoms with Crippen LogP contribution in [0.25, 0.3) is 0 Å². The maximum Gasteiger partial charge on any atom is 3.00 e. The molecule has 0 amide bonds. The first kappa shape index (κ1) is 51.9. The predicted molar refractivity (Wildman–Crippen MR) is 168 cm³/mol. The smallest absolute Gasteiger partial charge is 3.00 e. The van der Waals surface area contributed by atoms with Gasteiger partial charge in [0, 0.05) is 29.2 Å². The molecule has 37 heavy (non-hydrogen) atoms. The molecule has 0 bridgehead atoms. The van der Waals surface area contributed by atoms with Crippen molar-refractivity contribution in [3.8, 4) is 0 Å². The normalized spacial score (nSPS) is 16.9. The van der Waals surface area contributed by atoms with Crippen LogP contribution in [-0.2, 0) is 19.5 Å². The van der Waals surface area contributed by atoms with Crippen molar-refractivity contribution < 1.29 is 38.2 Å². The van der Waals surface area contributed by atoms with Crippen LogP contribution in [0.2, 0.25) is 0 Å². The molecule has 0 aromatic carbocycles. The van der Waals surface area contributed by atoms with Gasteiger partial charge in [-0.3, -0.25) is 6.08 Å². The van der Waals surface area contributed by atoms with Gasteiger partial charge in [0.1, 0.15) is 0 Å². The molecule has 0 aromatic heterocycles. The zero-order valence-electron chi connectivity index (χ0n) is 25.4. The molecule has 1 rings (SSSR count). The molecule has 0 aromatic rings. The monoisotopic (exact) mass is 818 g/mol. The number of hydrogen-bond donors (Lipinski definition) is 0. The third-order valence-corrected chi connectivity index (χ3v) is 18.5. The zero-order valence-corrected chi connectivity index (χ0v) is 33.4. The Labute approximate surface area is 249 Å². The summed E-state index contributed by atoms with van der Waals surface area (Å²) in [5.41, 5.74) is 0. The molecule has 1 aliphatic rings. The molecule has 0 radical (unpaired) electrons. The Morgan fingerprint density at radius 3 is 1.51 bits per heavy atom. The maximum absolute atomic E-state index is 9.91. The fraction of sp³-hybridized carbons (Fsp3) is 0.800. The number of halogens is 6. The minimum absolute atomic E-state index is 0. The van der Waals surface area contributed by atoms with E-state index in [1.54, 1.807) is 5.90 Å². The van der Waals surface area contributed by atoms with Crippen LogP contribution < -0.4 is 4.70 Å². The summed E-state index contributed by atoms with van der Waals surface area (Å²) < 4.78 is 49.6. The van der Waals surface area contributed by atoms with Gasteiger partial charge in [0.15, 0.2) is 5.90 Å². The molecule has 0 N–H and O–H groups in total. The molecule has 0 saturated heterocycles. The Balaban J connectivity index is -0.0000000855. The second-order valence-corrected chi connectivity index (χ2v) is 27.7. The van der Waals surface area contributed by atoms with E-state index in [9.17, 15) is 14.1 Å². The van der Waals surface area contributed by atoms with Crippen molar-refractivity contribution in [1.82, 2.24) is 0 Å². The van der Waals surface area contributed by atoms with Gasteiger partial charge in [0.05, 0.1) is 11.8 Å². The van der Waals surface area contributed by atoms with Crippen LogP contribution in [0.15, 0.2) is 18.2 Å². The third-order valence-electron chi connectivity index (χ3n) is 4.78. The second kappa shape index (κ2) is 24.8.